The van der Waals surface area contributed by atoms with Gasteiger partial charge in [-0.15, -0.1) is 0 Å². The van der Waals surface area contributed by atoms with Gasteiger partial charge in [0.1, 0.15) is 5.92 Å². The standard InChI is InChI=1S/C22H25N3O/c1-4-16-18-11-10-17-19(14-8-6-5-7-9-14)25(3)24-21(17)22(18,2)12-15(13-23)20(16)26/h5-9,15-16,18H,4,10-12H2,1-3H3/t15?,16-,18-,22-/m0/s1. The maximum Gasteiger partial charge on any atom is 0.153 e. The Morgan fingerprint density at radius 1 is 1.35 bits per heavy atom. The molecule has 1 heterocycles. The van der Waals surface area contributed by atoms with Gasteiger partial charge in [-0.25, -0.2) is 0 Å². The molecule has 0 radical (unpaired) electrons. The van der Waals surface area contributed by atoms with Crippen molar-refractivity contribution < 1.29 is 4.79 Å². The fourth-order valence-electron chi connectivity index (χ4n) is 5.48. The zero-order valence-corrected chi connectivity index (χ0v) is 15.7. The van der Waals surface area contributed by atoms with Crippen LogP contribution < -0.4 is 0 Å². The molecule has 4 nitrogen and oxygen atoms in total. The van der Waals surface area contributed by atoms with Crippen LogP contribution in [0, 0.1) is 29.1 Å². The van der Waals surface area contributed by atoms with Gasteiger partial charge in [0.15, 0.2) is 5.78 Å². The molecule has 26 heavy (non-hydrogen) atoms. The second-order valence-electron chi connectivity index (χ2n) is 8.03. The summed E-state index contributed by atoms with van der Waals surface area (Å²) in [6.07, 6.45) is 3.36. The van der Waals surface area contributed by atoms with Gasteiger partial charge in [-0.2, -0.15) is 10.4 Å². The summed E-state index contributed by atoms with van der Waals surface area (Å²) in [5.41, 5.74) is 4.58. The van der Waals surface area contributed by atoms with Crippen LogP contribution in [0.2, 0.25) is 0 Å². The van der Waals surface area contributed by atoms with E-state index in [4.69, 9.17) is 5.10 Å². The van der Waals surface area contributed by atoms with E-state index in [0.29, 0.717) is 6.42 Å². The number of carbonyl (C=O) groups excluding carboxylic acids is 1. The molecule has 2 aromatic rings. The third-order valence-electron chi connectivity index (χ3n) is 6.68. The molecule has 1 aromatic heterocycles. The van der Waals surface area contributed by atoms with Crippen LogP contribution >= 0.6 is 0 Å². The van der Waals surface area contributed by atoms with Crippen LogP contribution in [0.5, 0.6) is 0 Å². The highest BCUT2D eigenvalue weighted by atomic mass is 16.1. The highest BCUT2D eigenvalue weighted by Gasteiger charge is 2.54. The van der Waals surface area contributed by atoms with Crippen molar-refractivity contribution in [3.63, 3.8) is 0 Å². The summed E-state index contributed by atoms with van der Waals surface area (Å²) in [6, 6.07) is 12.7. The SMILES string of the molecule is CC[C@@H]1C(=O)C(C#N)C[C@]2(C)c3nn(C)c(-c4ccccc4)c3CC[C@@H]12. The maximum atomic E-state index is 12.7. The van der Waals surface area contributed by atoms with Crippen molar-refractivity contribution in [2.24, 2.45) is 24.8 Å². The second kappa shape index (κ2) is 6.09. The molecule has 1 unspecified atom stereocenters. The normalized spacial score (nSPS) is 30.4. The number of hydrogen-bond acceptors (Lipinski definition) is 3. The summed E-state index contributed by atoms with van der Waals surface area (Å²) in [7, 11) is 2.01. The van der Waals surface area contributed by atoms with Crippen LogP contribution in [0.25, 0.3) is 11.3 Å². The first kappa shape index (κ1) is 17.0. The largest absolute Gasteiger partial charge is 0.298 e. The quantitative estimate of drug-likeness (QED) is 0.823. The average Bonchev–Trinajstić information content (AvgIpc) is 3.00. The molecule has 0 spiro atoms. The van der Waals surface area contributed by atoms with Crippen LogP contribution in [0.4, 0.5) is 0 Å². The van der Waals surface area contributed by atoms with Crippen LogP contribution in [0.3, 0.4) is 0 Å². The van der Waals surface area contributed by atoms with E-state index in [9.17, 15) is 10.1 Å². The summed E-state index contributed by atoms with van der Waals surface area (Å²) in [4.78, 5) is 12.7. The van der Waals surface area contributed by atoms with Crippen LogP contribution in [-0.4, -0.2) is 15.6 Å². The fraction of sp³-hybridized carbons (Fsp3) is 0.500. The van der Waals surface area contributed by atoms with E-state index >= 15 is 0 Å². The number of rotatable bonds is 2. The van der Waals surface area contributed by atoms with Gasteiger partial charge < -0.3 is 0 Å². The highest BCUT2D eigenvalue weighted by molar-refractivity contribution is 5.87. The van der Waals surface area contributed by atoms with Gasteiger partial charge in [0.2, 0.25) is 0 Å². The summed E-state index contributed by atoms with van der Waals surface area (Å²) >= 11 is 0. The number of carbonyl (C=O) groups is 1. The molecule has 0 bridgehead atoms. The molecule has 1 saturated carbocycles. The minimum absolute atomic E-state index is 0.0197. The van der Waals surface area contributed by atoms with E-state index in [1.54, 1.807) is 0 Å². The average molecular weight is 347 g/mol. The fourth-order valence-corrected chi connectivity index (χ4v) is 5.48. The van der Waals surface area contributed by atoms with Crippen LogP contribution in [0.15, 0.2) is 30.3 Å². The van der Waals surface area contributed by atoms with Crippen molar-refractivity contribution in [2.75, 3.05) is 0 Å². The van der Waals surface area contributed by atoms with E-state index in [0.717, 1.165) is 25.0 Å². The van der Waals surface area contributed by atoms with Gasteiger partial charge in [-0.1, -0.05) is 44.2 Å². The van der Waals surface area contributed by atoms with Gasteiger partial charge in [-0.3, -0.25) is 9.48 Å². The number of aromatic nitrogens is 2. The number of benzene rings is 1. The number of hydrogen-bond donors (Lipinski definition) is 0. The minimum atomic E-state index is -0.505. The van der Waals surface area contributed by atoms with Crippen molar-refractivity contribution >= 4 is 5.78 Å². The minimum Gasteiger partial charge on any atom is -0.298 e. The number of fused-ring (bicyclic) bond motifs is 3. The molecule has 0 saturated heterocycles. The summed E-state index contributed by atoms with van der Waals surface area (Å²) in [5.74, 6) is -0.0844. The van der Waals surface area contributed by atoms with Crippen molar-refractivity contribution in [1.29, 1.82) is 5.26 Å². The van der Waals surface area contributed by atoms with Gasteiger partial charge in [0, 0.05) is 29.5 Å². The molecule has 2 aliphatic carbocycles. The third-order valence-corrected chi connectivity index (χ3v) is 6.68. The number of ketones is 1. The molecule has 2 aliphatic rings. The Balaban J connectivity index is 1.87. The van der Waals surface area contributed by atoms with Crippen LogP contribution in [-0.2, 0) is 23.7 Å². The van der Waals surface area contributed by atoms with Crippen molar-refractivity contribution in [1.82, 2.24) is 9.78 Å². The Hall–Kier alpha value is -2.41. The molecular weight excluding hydrogens is 322 g/mol. The molecule has 0 aliphatic heterocycles. The molecular formula is C22H25N3O. The van der Waals surface area contributed by atoms with E-state index in [-0.39, 0.29) is 23.0 Å². The van der Waals surface area contributed by atoms with Crippen LogP contribution in [0.1, 0.15) is 44.4 Å². The second-order valence-corrected chi connectivity index (χ2v) is 8.03. The van der Waals surface area contributed by atoms with Crippen molar-refractivity contribution in [3.05, 3.63) is 41.6 Å². The lowest BCUT2D eigenvalue weighted by molar-refractivity contribution is -0.133. The Kier molecular flexibility index (Phi) is 3.99. The zero-order valence-electron chi connectivity index (χ0n) is 15.7. The molecule has 4 rings (SSSR count). The maximum absolute atomic E-state index is 12.7. The van der Waals surface area contributed by atoms with Gasteiger partial charge in [0.05, 0.1) is 17.5 Å². The first-order valence-corrected chi connectivity index (χ1v) is 9.56. The van der Waals surface area contributed by atoms with E-state index in [1.807, 2.05) is 17.8 Å². The summed E-state index contributed by atoms with van der Waals surface area (Å²) in [6.45, 7) is 4.31. The number of Topliss-reactive ketones (excluding diaryl/α,β-unsaturated/α-hetero) is 1. The third kappa shape index (κ3) is 2.26. The predicted octanol–water partition coefficient (Wildman–Crippen LogP) is 4.05. The lowest BCUT2D eigenvalue weighted by atomic mass is 9.53. The van der Waals surface area contributed by atoms with Gasteiger partial charge >= 0.3 is 0 Å². The first-order chi connectivity index (χ1) is 12.5. The van der Waals surface area contributed by atoms with Gasteiger partial charge in [-0.05, 0) is 31.6 Å². The van der Waals surface area contributed by atoms with E-state index < -0.39 is 5.92 Å². The lowest BCUT2D eigenvalue weighted by Gasteiger charge is -2.48. The number of nitrogens with zero attached hydrogens (tertiary/aromatic N) is 3. The zero-order chi connectivity index (χ0) is 18.5. The molecule has 134 valence electrons. The lowest BCUT2D eigenvalue weighted by Crippen LogP contribution is -2.51. The monoisotopic (exact) mass is 347 g/mol. The molecule has 0 amide bonds. The Bertz CT molecular complexity index is 892. The Labute approximate surface area is 154 Å². The Morgan fingerprint density at radius 2 is 2.08 bits per heavy atom. The summed E-state index contributed by atoms with van der Waals surface area (Å²) < 4.78 is 1.99. The molecule has 1 aromatic carbocycles. The number of aryl methyl sites for hydroxylation is 1. The van der Waals surface area contributed by atoms with Crippen molar-refractivity contribution in [3.8, 4) is 17.3 Å². The number of nitriles is 1. The smallest absolute Gasteiger partial charge is 0.153 e. The molecule has 1 fully saturated rings. The topological polar surface area (TPSA) is 58.7 Å². The molecule has 4 atom stereocenters. The van der Waals surface area contributed by atoms with E-state index in [1.165, 1.54) is 16.8 Å². The highest BCUT2D eigenvalue weighted by Crippen LogP contribution is 2.54. The van der Waals surface area contributed by atoms with E-state index in [2.05, 4.69) is 44.2 Å². The molecule has 0 N–H and O–H groups in total. The molecule has 4 heteroatoms. The summed E-state index contributed by atoms with van der Waals surface area (Å²) in [5, 5.41) is 14.5. The Morgan fingerprint density at radius 3 is 2.73 bits per heavy atom. The van der Waals surface area contributed by atoms with Crippen molar-refractivity contribution in [2.45, 2.75) is 44.9 Å². The first-order valence-electron chi connectivity index (χ1n) is 9.56. The predicted molar refractivity (Wildman–Crippen MR) is 100 cm³/mol. The van der Waals surface area contributed by atoms with Gasteiger partial charge in [0.25, 0.3) is 0 Å².